The summed E-state index contributed by atoms with van der Waals surface area (Å²) in [7, 11) is 1.36. The lowest BCUT2D eigenvalue weighted by atomic mass is 9.94. The van der Waals surface area contributed by atoms with Crippen LogP contribution in [0, 0.1) is 5.92 Å². The van der Waals surface area contributed by atoms with Crippen LogP contribution in [0.3, 0.4) is 0 Å². The molecule has 1 N–H and O–H groups in total. The highest BCUT2D eigenvalue weighted by Crippen LogP contribution is 2.20. The minimum Gasteiger partial charge on any atom is -0.469 e. The van der Waals surface area contributed by atoms with Crippen molar-refractivity contribution in [3.8, 4) is 0 Å². The van der Waals surface area contributed by atoms with Crippen LogP contribution in [0.4, 0.5) is 0 Å². The summed E-state index contributed by atoms with van der Waals surface area (Å²) in [5.41, 5.74) is 0. The van der Waals surface area contributed by atoms with Gasteiger partial charge in [0.25, 0.3) is 0 Å². The van der Waals surface area contributed by atoms with E-state index in [1.807, 2.05) is 0 Å². The maximum atomic E-state index is 11.3. The molecule has 0 amide bonds. The van der Waals surface area contributed by atoms with E-state index in [4.69, 9.17) is 0 Å². The number of hydrogen-bond donors (Lipinski definition) is 1. The Bertz CT molecular complexity index is 206. The van der Waals surface area contributed by atoms with Crippen LogP contribution in [-0.2, 0) is 9.53 Å². The minimum absolute atomic E-state index is 0.303. The van der Waals surface area contributed by atoms with Crippen molar-refractivity contribution in [1.29, 1.82) is 0 Å². The Morgan fingerprint density at radius 1 is 1.57 bits per heavy atom. The van der Waals surface area contributed by atoms with E-state index < -0.39 is 6.10 Å². The molecule has 0 aromatic heterocycles. The maximum absolute atomic E-state index is 11.3. The van der Waals surface area contributed by atoms with Crippen molar-refractivity contribution in [3.05, 3.63) is 0 Å². The Balaban J connectivity index is 2.59. The minimum atomic E-state index is -0.544. The first-order chi connectivity index (χ1) is 6.56. The molecule has 14 heavy (non-hydrogen) atoms. The summed E-state index contributed by atoms with van der Waals surface area (Å²) in [6, 6.07) is 0.412. The first-order valence-corrected chi connectivity index (χ1v) is 5.06. The molecule has 0 aromatic rings. The number of aliphatic hydroxyl groups excluding tert-OH is 1. The van der Waals surface area contributed by atoms with Crippen molar-refractivity contribution >= 4 is 5.97 Å². The van der Waals surface area contributed by atoms with Gasteiger partial charge in [-0.1, -0.05) is 0 Å². The lowest BCUT2D eigenvalue weighted by Crippen LogP contribution is -2.49. The SMILES string of the molecule is COC(=O)[C@H]1CN(C(C)C)CC[C@@H]1O. The van der Waals surface area contributed by atoms with Crippen LogP contribution in [0.5, 0.6) is 0 Å². The number of carbonyl (C=O) groups is 1. The largest absolute Gasteiger partial charge is 0.469 e. The van der Waals surface area contributed by atoms with Gasteiger partial charge in [-0.05, 0) is 20.3 Å². The van der Waals surface area contributed by atoms with E-state index in [-0.39, 0.29) is 11.9 Å². The third kappa shape index (κ3) is 2.45. The number of likely N-dealkylation sites (tertiary alicyclic amines) is 1. The third-order valence-corrected chi connectivity index (χ3v) is 2.84. The van der Waals surface area contributed by atoms with Crippen molar-refractivity contribution < 1.29 is 14.6 Å². The first-order valence-electron chi connectivity index (χ1n) is 5.06. The number of rotatable bonds is 2. The summed E-state index contributed by atoms with van der Waals surface area (Å²) >= 11 is 0. The molecular formula is C10H19NO3. The average molecular weight is 201 g/mol. The summed E-state index contributed by atoms with van der Waals surface area (Å²) < 4.78 is 4.66. The summed E-state index contributed by atoms with van der Waals surface area (Å²) in [4.78, 5) is 13.5. The van der Waals surface area contributed by atoms with Gasteiger partial charge < -0.3 is 9.84 Å². The predicted octanol–water partition coefficient (Wildman–Crippen LogP) is 0.251. The smallest absolute Gasteiger partial charge is 0.312 e. The van der Waals surface area contributed by atoms with Gasteiger partial charge in [-0.15, -0.1) is 0 Å². The maximum Gasteiger partial charge on any atom is 0.312 e. The lowest BCUT2D eigenvalue weighted by Gasteiger charge is -2.36. The van der Waals surface area contributed by atoms with Crippen LogP contribution in [-0.4, -0.2) is 48.3 Å². The van der Waals surface area contributed by atoms with Gasteiger partial charge in [-0.2, -0.15) is 0 Å². The van der Waals surface area contributed by atoms with Crippen LogP contribution < -0.4 is 0 Å². The zero-order valence-electron chi connectivity index (χ0n) is 9.06. The van der Waals surface area contributed by atoms with Gasteiger partial charge in [0.15, 0.2) is 0 Å². The molecule has 0 bridgehead atoms. The number of esters is 1. The molecule has 1 aliphatic heterocycles. The number of methoxy groups -OCH3 is 1. The average Bonchev–Trinajstić information content (AvgIpc) is 2.17. The van der Waals surface area contributed by atoms with Gasteiger partial charge in [0.05, 0.1) is 19.1 Å². The van der Waals surface area contributed by atoms with E-state index in [1.165, 1.54) is 7.11 Å². The Morgan fingerprint density at radius 3 is 2.71 bits per heavy atom. The molecule has 0 saturated carbocycles. The van der Waals surface area contributed by atoms with E-state index in [0.717, 1.165) is 6.54 Å². The topological polar surface area (TPSA) is 49.8 Å². The number of carbonyl (C=O) groups excluding carboxylic acids is 1. The predicted molar refractivity (Wildman–Crippen MR) is 52.8 cm³/mol. The lowest BCUT2D eigenvalue weighted by molar-refractivity contribution is -0.153. The molecule has 1 aliphatic rings. The fourth-order valence-electron chi connectivity index (χ4n) is 1.82. The summed E-state index contributed by atoms with van der Waals surface area (Å²) in [5.74, 6) is -0.681. The van der Waals surface area contributed by atoms with Crippen LogP contribution >= 0.6 is 0 Å². The van der Waals surface area contributed by atoms with Crippen LogP contribution in [0.2, 0.25) is 0 Å². The number of hydrogen-bond acceptors (Lipinski definition) is 4. The molecule has 82 valence electrons. The molecule has 4 heteroatoms. The second-order valence-electron chi connectivity index (χ2n) is 4.07. The molecule has 0 radical (unpaired) electrons. The summed E-state index contributed by atoms with van der Waals surface area (Å²) in [6.45, 7) is 5.63. The molecule has 0 aromatic carbocycles. The van der Waals surface area contributed by atoms with E-state index in [2.05, 4.69) is 23.5 Å². The third-order valence-electron chi connectivity index (χ3n) is 2.84. The monoisotopic (exact) mass is 201 g/mol. The number of nitrogens with zero attached hydrogens (tertiary/aromatic N) is 1. The second kappa shape index (κ2) is 4.75. The first kappa shape index (κ1) is 11.5. The standard InChI is InChI=1S/C10H19NO3/c1-7(2)11-5-4-9(12)8(6-11)10(13)14-3/h7-9,12H,4-6H2,1-3H3/t8-,9-/m0/s1. The zero-order valence-corrected chi connectivity index (χ0v) is 9.06. The quantitative estimate of drug-likeness (QED) is 0.651. The molecule has 0 aliphatic carbocycles. The van der Waals surface area contributed by atoms with E-state index in [9.17, 15) is 9.90 Å². The molecule has 1 rings (SSSR count). The fraction of sp³-hybridized carbons (Fsp3) is 0.900. The highest BCUT2D eigenvalue weighted by atomic mass is 16.5. The van der Waals surface area contributed by atoms with E-state index >= 15 is 0 Å². The highest BCUT2D eigenvalue weighted by molar-refractivity contribution is 5.73. The van der Waals surface area contributed by atoms with Gasteiger partial charge in [-0.3, -0.25) is 9.69 Å². The second-order valence-corrected chi connectivity index (χ2v) is 4.07. The van der Waals surface area contributed by atoms with Gasteiger partial charge in [0.2, 0.25) is 0 Å². The Hall–Kier alpha value is -0.610. The molecule has 0 unspecified atom stereocenters. The molecule has 2 atom stereocenters. The Labute approximate surface area is 84.8 Å². The van der Waals surface area contributed by atoms with Crippen LogP contribution in [0.15, 0.2) is 0 Å². The van der Waals surface area contributed by atoms with Crippen LogP contribution in [0.1, 0.15) is 20.3 Å². The van der Waals surface area contributed by atoms with Crippen molar-refractivity contribution in [1.82, 2.24) is 4.90 Å². The van der Waals surface area contributed by atoms with Gasteiger partial charge in [-0.25, -0.2) is 0 Å². The molecule has 1 heterocycles. The number of ether oxygens (including phenoxy) is 1. The molecule has 0 spiro atoms. The van der Waals surface area contributed by atoms with Gasteiger partial charge in [0.1, 0.15) is 0 Å². The summed E-state index contributed by atoms with van der Waals surface area (Å²) in [6.07, 6.45) is 0.107. The molecular weight excluding hydrogens is 182 g/mol. The Kier molecular flexibility index (Phi) is 3.89. The van der Waals surface area contributed by atoms with E-state index in [1.54, 1.807) is 0 Å². The van der Waals surface area contributed by atoms with Gasteiger partial charge >= 0.3 is 5.97 Å². The zero-order chi connectivity index (χ0) is 10.7. The highest BCUT2D eigenvalue weighted by Gasteiger charge is 2.34. The summed E-state index contributed by atoms with van der Waals surface area (Å²) in [5, 5.41) is 9.64. The fourth-order valence-corrected chi connectivity index (χ4v) is 1.82. The Morgan fingerprint density at radius 2 is 2.21 bits per heavy atom. The molecule has 1 fully saturated rings. The van der Waals surface area contributed by atoms with Crippen LogP contribution in [0.25, 0.3) is 0 Å². The van der Waals surface area contributed by atoms with Crippen molar-refractivity contribution in [2.75, 3.05) is 20.2 Å². The van der Waals surface area contributed by atoms with E-state index in [0.29, 0.717) is 19.0 Å². The molecule has 4 nitrogen and oxygen atoms in total. The van der Waals surface area contributed by atoms with Crippen molar-refractivity contribution in [3.63, 3.8) is 0 Å². The van der Waals surface area contributed by atoms with Crippen molar-refractivity contribution in [2.24, 2.45) is 5.92 Å². The van der Waals surface area contributed by atoms with Crippen molar-refractivity contribution in [2.45, 2.75) is 32.4 Å². The normalized spacial score (nSPS) is 29.2. The number of aliphatic hydroxyl groups is 1. The number of piperidine rings is 1. The molecule has 1 saturated heterocycles. The van der Waals surface area contributed by atoms with Gasteiger partial charge in [0, 0.05) is 19.1 Å².